The molecular formula is C24H14N2O2. The van der Waals surface area contributed by atoms with E-state index in [9.17, 15) is 14.9 Å². The van der Waals surface area contributed by atoms with Crippen LogP contribution in [0.3, 0.4) is 0 Å². The average Bonchev–Trinajstić information content (AvgIpc) is 2.77. The van der Waals surface area contributed by atoms with Crippen LogP contribution in [0.1, 0.15) is 20.7 Å². The monoisotopic (exact) mass is 362 g/mol. The van der Waals surface area contributed by atoms with E-state index in [1.165, 1.54) is 0 Å². The van der Waals surface area contributed by atoms with E-state index in [0.29, 0.717) is 21.6 Å². The van der Waals surface area contributed by atoms with Crippen molar-refractivity contribution in [1.29, 1.82) is 5.26 Å². The predicted molar refractivity (Wildman–Crippen MR) is 106 cm³/mol. The van der Waals surface area contributed by atoms with Crippen LogP contribution in [0.5, 0.6) is 0 Å². The molecule has 0 aliphatic heterocycles. The third-order valence-electron chi connectivity index (χ3n) is 4.18. The van der Waals surface area contributed by atoms with Gasteiger partial charge in [-0.25, -0.2) is 4.85 Å². The third-order valence-corrected chi connectivity index (χ3v) is 4.18. The van der Waals surface area contributed by atoms with E-state index in [-0.39, 0.29) is 22.8 Å². The van der Waals surface area contributed by atoms with Crippen LogP contribution < -0.4 is 10.4 Å². The van der Waals surface area contributed by atoms with Crippen LogP contribution in [0.15, 0.2) is 84.9 Å². The zero-order valence-electron chi connectivity index (χ0n) is 14.8. The molecule has 0 aromatic heterocycles. The number of benzene rings is 3. The Balaban J connectivity index is 2.09. The highest BCUT2D eigenvalue weighted by atomic mass is 16.1. The van der Waals surface area contributed by atoms with Crippen LogP contribution >= 0.6 is 0 Å². The van der Waals surface area contributed by atoms with Gasteiger partial charge in [0.2, 0.25) is 11.5 Å². The maximum Gasteiger partial charge on any atom is 0.241 e. The van der Waals surface area contributed by atoms with Gasteiger partial charge in [-0.1, -0.05) is 84.9 Å². The number of ketones is 2. The summed E-state index contributed by atoms with van der Waals surface area (Å²) in [4.78, 5) is 28.5. The van der Waals surface area contributed by atoms with E-state index in [1.54, 1.807) is 84.9 Å². The van der Waals surface area contributed by atoms with Gasteiger partial charge in [0.25, 0.3) is 0 Å². The first-order valence-electron chi connectivity index (χ1n) is 8.47. The summed E-state index contributed by atoms with van der Waals surface area (Å²) in [5.74, 6) is -0.737. The van der Waals surface area contributed by atoms with Crippen molar-refractivity contribution in [2.45, 2.75) is 0 Å². The molecule has 3 rings (SSSR count). The first kappa shape index (κ1) is 18.5. The molecule has 0 unspecified atom stereocenters. The molecule has 0 aliphatic rings. The molecule has 0 amide bonds. The largest absolute Gasteiger partial charge is 0.302 e. The molecule has 0 heterocycles. The van der Waals surface area contributed by atoms with Gasteiger partial charge < -0.3 is 4.79 Å². The van der Waals surface area contributed by atoms with Crippen LogP contribution in [0.25, 0.3) is 16.1 Å². The van der Waals surface area contributed by atoms with Gasteiger partial charge in [-0.3, -0.25) is 4.79 Å². The molecule has 0 saturated heterocycles. The molecule has 3 aromatic carbocycles. The maximum atomic E-state index is 12.6. The fourth-order valence-corrected chi connectivity index (χ4v) is 2.75. The maximum absolute atomic E-state index is 12.6. The number of nitriles is 1. The summed E-state index contributed by atoms with van der Waals surface area (Å²) in [5, 5.41) is 10.3. The molecule has 4 heteroatoms. The molecule has 0 saturated carbocycles. The van der Waals surface area contributed by atoms with Crippen LogP contribution in [0.4, 0.5) is 0 Å². The van der Waals surface area contributed by atoms with Crippen molar-refractivity contribution in [2.24, 2.45) is 0 Å². The Morgan fingerprint density at radius 1 is 0.714 bits per heavy atom. The fraction of sp³-hybridized carbons (Fsp3) is 0. The smallest absolute Gasteiger partial charge is 0.241 e. The Morgan fingerprint density at radius 3 is 1.64 bits per heavy atom. The zero-order valence-corrected chi connectivity index (χ0v) is 14.8. The lowest BCUT2D eigenvalue weighted by Gasteiger charge is -2.01. The second-order valence-corrected chi connectivity index (χ2v) is 5.91. The SMILES string of the molecule is [C-]#[N+]C(C(=O)c1ccccc1)=c1ccc(=C(C#N)C(=O)c2ccccc2)cc1. The Labute approximate surface area is 162 Å². The van der Waals surface area contributed by atoms with Gasteiger partial charge in [0.05, 0.1) is 6.57 Å². The highest BCUT2D eigenvalue weighted by Crippen LogP contribution is 2.10. The summed E-state index contributed by atoms with van der Waals surface area (Å²) in [5.41, 5.74) is 0.860. The second-order valence-electron chi connectivity index (χ2n) is 5.91. The number of carbonyl (C=O) groups excluding carboxylic acids is 2. The first-order valence-corrected chi connectivity index (χ1v) is 8.47. The molecule has 0 spiro atoms. The van der Waals surface area contributed by atoms with Crippen molar-refractivity contribution in [3.8, 4) is 6.07 Å². The topological polar surface area (TPSA) is 62.3 Å². The lowest BCUT2D eigenvalue weighted by atomic mass is 10.0. The van der Waals surface area contributed by atoms with Crippen molar-refractivity contribution in [1.82, 2.24) is 0 Å². The van der Waals surface area contributed by atoms with Crippen LogP contribution in [-0.4, -0.2) is 11.6 Å². The van der Waals surface area contributed by atoms with E-state index < -0.39 is 0 Å². The molecule has 0 bridgehead atoms. The first-order chi connectivity index (χ1) is 13.7. The number of nitrogens with zero attached hydrogens (tertiary/aromatic N) is 2. The van der Waals surface area contributed by atoms with Crippen molar-refractivity contribution in [3.63, 3.8) is 0 Å². The zero-order chi connectivity index (χ0) is 19.9. The standard InChI is InChI=1S/C24H14N2O2/c1-26-22(24(28)20-10-6-3-7-11-20)18-14-12-17(13-15-18)21(16-25)23(27)19-8-4-2-5-9-19/h2-15H. The quantitative estimate of drug-likeness (QED) is 0.529. The summed E-state index contributed by atoms with van der Waals surface area (Å²) in [7, 11) is 0. The van der Waals surface area contributed by atoms with E-state index >= 15 is 0 Å². The minimum Gasteiger partial charge on any atom is -0.302 e. The molecule has 0 N–H and O–H groups in total. The second kappa shape index (κ2) is 8.40. The summed E-state index contributed by atoms with van der Waals surface area (Å²) in [6, 6.07) is 25.4. The van der Waals surface area contributed by atoms with E-state index in [0.717, 1.165) is 0 Å². The summed E-state index contributed by atoms with van der Waals surface area (Å²) < 4.78 is 0. The number of rotatable bonds is 4. The Hall–Kier alpha value is -4.28. The van der Waals surface area contributed by atoms with Crippen molar-refractivity contribution >= 4 is 22.8 Å². The Kier molecular flexibility index (Phi) is 5.55. The minimum atomic E-state index is -0.370. The fourth-order valence-electron chi connectivity index (χ4n) is 2.75. The van der Waals surface area contributed by atoms with Gasteiger partial charge in [-0.15, -0.1) is 0 Å². The van der Waals surface area contributed by atoms with Gasteiger partial charge in [0.15, 0.2) is 5.78 Å². The molecule has 0 radical (unpaired) electrons. The van der Waals surface area contributed by atoms with E-state index in [1.807, 2.05) is 6.07 Å². The third kappa shape index (κ3) is 3.77. The van der Waals surface area contributed by atoms with Gasteiger partial charge >= 0.3 is 0 Å². The van der Waals surface area contributed by atoms with Crippen molar-refractivity contribution < 1.29 is 9.59 Å². The van der Waals surface area contributed by atoms with Crippen LogP contribution in [0.2, 0.25) is 0 Å². The highest BCUT2D eigenvalue weighted by molar-refractivity contribution is 6.28. The molecular weight excluding hydrogens is 348 g/mol. The van der Waals surface area contributed by atoms with Gasteiger partial charge in [-0.05, 0) is 10.4 Å². The number of carbonyl (C=O) groups is 2. The Bertz CT molecular complexity index is 1120. The molecule has 132 valence electrons. The predicted octanol–water partition coefficient (Wildman–Crippen LogP) is 3.15. The van der Waals surface area contributed by atoms with Crippen molar-refractivity contribution in [3.05, 3.63) is 118 Å². The summed E-state index contributed by atoms with van der Waals surface area (Å²) in [6.45, 7) is 7.39. The van der Waals surface area contributed by atoms with Crippen LogP contribution in [0, 0.1) is 17.9 Å². The molecule has 4 nitrogen and oxygen atoms in total. The summed E-state index contributed by atoms with van der Waals surface area (Å²) in [6.07, 6.45) is 0. The average molecular weight is 362 g/mol. The normalized spacial score (nSPS) is 9.64. The highest BCUT2D eigenvalue weighted by Gasteiger charge is 2.14. The van der Waals surface area contributed by atoms with Crippen LogP contribution in [-0.2, 0) is 0 Å². The lowest BCUT2D eigenvalue weighted by Crippen LogP contribution is -2.18. The lowest BCUT2D eigenvalue weighted by molar-refractivity contribution is 0.104. The molecule has 0 aliphatic carbocycles. The Morgan fingerprint density at radius 2 is 1.18 bits per heavy atom. The minimum absolute atomic E-state index is 0.00866. The van der Waals surface area contributed by atoms with E-state index in [2.05, 4.69) is 4.85 Å². The van der Waals surface area contributed by atoms with Crippen molar-refractivity contribution in [2.75, 3.05) is 0 Å². The molecule has 3 aromatic rings. The number of Topliss-reactive ketones (excluding diaryl/α,β-unsaturated/α-hetero) is 2. The van der Waals surface area contributed by atoms with E-state index in [4.69, 9.17) is 6.57 Å². The molecule has 28 heavy (non-hydrogen) atoms. The van der Waals surface area contributed by atoms with Gasteiger partial charge in [0.1, 0.15) is 11.6 Å². The molecule has 0 atom stereocenters. The number of hydrogen-bond donors (Lipinski definition) is 0. The molecule has 0 fully saturated rings. The summed E-state index contributed by atoms with van der Waals surface area (Å²) >= 11 is 0. The number of hydrogen-bond acceptors (Lipinski definition) is 3. The van der Waals surface area contributed by atoms with Gasteiger partial charge in [0, 0.05) is 11.1 Å². The van der Waals surface area contributed by atoms with Gasteiger partial charge in [-0.2, -0.15) is 5.26 Å².